The number of nitrogens with one attached hydrogen (secondary N) is 2. The summed E-state index contributed by atoms with van der Waals surface area (Å²) in [6, 6.07) is 17.9. The number of nitrogens with zero attached hydrogens (tertiary/aromatic N) is 2. The topological polar surface area (TPSA) is 66.6 Å². The molecule has 0 saturated carbocycles. The van der Waals surface area contributed by atoms with E-state index < -0.39 is 0 Å². The van der Waals surface area contributed by atoms with Gasteiger partial charge in [-0.25, -0.2) is 9.97 Å². The van der Waals surface area contributed by atoms with Gasteiger partial charge in [0.2, 0.25) is 0 Å². The van der Waals surface area contributed by atoms with E-state index in [1.165, 1.54) is 33.6 Å². The van der Waals surface area contributed by atoms with Crippen LogP contribution >= 0.6 is 0 Å². The minimum Gasteiger partial charge on any atom is -0.375 e. The lowest BCUT2D eigenvalue weighted by Crippen LogP contribution is -2.24. The Morgan fingerprint density at radius 2 is 1.03 bits per heavy atom. The number of rotatable bonds is 16. The molecule has 0 aliphatic carbocycles. The summed E-state index contributed by atoms with van der Waals surface area (Å²) >= 11 is 0. The van der Waals surface area contributed by atoms with Crippen LogP contribution in [0.3, 0.4) is 0 Å². The van der Waals surface area contributed by atoms with Gasteiger partial charge in [-0.1, -0.05) is 59.7 Å². The fourth-order valence-corrected chi connectivity index (χ4v) is 4.88. The summed E-state index contributed by atoms with van der Waals surface area (Å²) in [5.74, 6) is 0. The summed E-state index contributed by atoms with van der Waals surface area (Å²) in [7, 11) is 0. The van der Waals surface area contributed by atoms with E-state index in [1.807, 2.05) is 12.4 Å². The van der Waals surface area contributed by atoms with Crippen molar-refractivity contribution in [3.63, 3.8) is 0 Å². The maximum absolute atomic E-state index is 6.93. The predicted octanol–water partition coefficient (Wildman–Crippen LogP) is 7.11. The van der Waals surface area contributed by atoms with Crippen LogP contribution in [0.25, 0.3) is 0 Å². The molecule has 0 spiro atoms. The monoisotopic (exact) mass is 498 g/mol. The van der Waals surface area contributed by atoms with Crippen molar-refractivity contribution in [3.8, 4) is 0 Å². The Labute approximate surface area is 222 Å². The molecule has 4 rings (SSSR count). The molecular formula is C32H42N4O. The quantitative estimate of drug-likeness (QED) is 0.173. The largest absolute Gasteiger partial charge is 0.375 e. The second kappa shape index (κ2) is 14.5. The lowest BCUT2D eigenvalue weighted by molar-refractivity contribution is -0.0294. The molecule has 2 N–H and O–H groups in total. The average molecular weight is 499 g/mol. The highest BCUT2D eigenvalue weighted by atomic mass is 16.5. The van der Waals surface area contributed by atoms with E-state index in [-0.39, 0.29) is 12.2 Å². The van der Waals surface area contributed by atoms with E-state index in [0.717, 1.165) is 64.2 Å². The summed E-state index contributed by atoms with van der Waals surface area (Å²) in [6.07, 6.45) is 18.4. The first-order valence-electron chi connectivity index (χ1n) is 13.8. The molecule has 0 fully saturated rings. The van der Waals surface area contributed by atoms with Crippen LogP contribution in [0.2, 0.25) is 0 Å². The molecule has 2 aromatic heterocycles. The molecule has 0 aliphatic heterocycles. The number of imidazole rings is 2. The van der Waals surface area contributed by atoms with Gasteiger partial charge in [-0.2, -0.15) is 0 Å². The van der Waals surface area contributed by atoms with E-state index >= 15 is 0 Å². The Morgan fingerprint density at radius 3 is 1.41 bits per heavy atom. The molecule has 2 aromatic carbocycles. The summed E-state index contributed by atoms with van der Waals surface area (Å²) in [5.41, 5.74) is 7.81. The van der Waals surface area contributed by atoms with E-state index in [2.05, 4.69) is 82.3 Å². The number of aromatic amines is 2. The van der Waals surface area contributed by atoms with E-state index in [4.69, 9.17) is 4.74 Å². The van der Waals surface area contributed by atoms with Crippen molar-refractivity contribution in [2.75, 3.05) is 0 Å². The molecule has 2 unspecified atom stereocenters. The molecule has 0 radical (unpaired) electrons. The van der Waals surface area contributed by atoms with Crippen molar-refractivity contribution in [2.24, 2.45) is 0 Å². The number of aryl methyl sites for hydroxylation is 6. The molecule has 5 heteroatoms. The minimum atomic E-state index is 0.249. The van der Waals surface area contributed by atoms with Crippen LogP contribution < -0.4 is 0 Å². The normalized spacial score (nSPS) is 13.0. The Bertz CT molecular complexity index is 1030. The maximum Gasteiger partial charge on any atom is 0.0921 e. The molecule has 4 aromatic rings. The van der Waals surface area contributed by atoms with E-state index in [1.54, 1.807) is 12.7 Å². The highest BCUT2D eigenvalue weighted by Gasteiger charge is 2.18. The van der Waals surface area contributed by atoms with Gasteiger partial charge in [0, 0.05) is 23.8 Å². The smallest absolute Gasteiger partial charge is 0.0921 e. The van der Waals surface area contributed by atoms with Crippen LogP contribution in [0.5, 0.6) is 0 Å². The molecule has 2 atom stereocenters. The van der Waals surface area contributed by atoms with Gasteiger partial charge in [0.15, 0.2) is 0 Å². The number of H-pyrrole nitrogens is 2. The van der Waals surface area contributed by atoms with E-state index in [9.17, 15) is 0 Å². The molecule has 2 heterocycles. The van der Waals surface area contributed by atoms with Crippen LogP contribution in [0.1, 0.15) is 72.2 Å². The third-order valence-electron chi connectivity index (χ3n) is 7.19. The lowest BCUT2D eigenvalue weighted by Gasteiger charge is -2.26. The molecule has 196 valence electrons. The molecule has 0 saturated heterocycles. The summed E-state index contributed by atoms with van der Waals surface area (Å²) < 4.78 is 6.93. The SMILES string of the molecule is Cc1ccc(CCC(CCCc2cnc[nH]2)OC(CCCc2cnc[nH]2)CCc2ccc(C)cc2)cc1. The summed E-state index contributed by atoms with van der Waals surface area (Å²) in [6.45, 7) is 4.29. The number of benzene rings is 2. The van der Waals surface area contributed by atoms with Gasteiger partial charge >= 0.3 is 0 Å². The van der Waals surface area contributed by atoms with Crippen LogP contribution in [-0.2, 0) is 30.4 Å². The maximum atomic E-state index is 6.93. The Morgan fingerprint density at radius 1 is 0.595 bits per heavy atom. The first kappa shape index (κ1) is 26.9. The fraction of sp³-hybridized carbons (Fsp3) is 0.438. The molecule has 0 bridgehead atoms. The van der Waals surface area contributed by atoms with Gasteiger partial charge < -0.3 is 14.7 Å². The van der Waals surface area contributed by atoms with Crippen molar-refractivity contribution in [2.45, 2.75) is 90.3 Å². The average Bonchev–Trinajstić information content (AvgIpc) is 3.62. The van der Waals surface area contributed by atoms with Crippen molar-refractivity contribution in [1.82, 2.24) is 19.9 Å². The highest BCUT2D eigenvalue weighted by molar-refractivity contribution is 5.22. The molecule has 0 amide bonds. The molecular weight excluding hydrogens is 456 g/mol. The second-order valence-electron chi connectivity index (χ2n) is 10.4. The third kappa shape index (κ3) is 9.66. The van der Waals surface area contributed by atoms with Crippen molar-refractivity contribution >= 4 is 0 Å². The molecule has 5 nitrogen and oxygen atoms in total. The Hall–Kier alpha value is -3.18. The standard InChI is InChI=1S/C32H42N4O/c1-25-9-13-27(14-10-25)17-19-31(7-3-5-29-21-33-23-35-29)37-32(8-4-6-30-22-34-24-36-30)20-18-28-15-11-26(2)12-16-28/h9-16,21-24,31-32H,3-8,17-20H2,1-2H3,(H,33,35)(H,34,36). The highest BCUT2D eigenvalue weighted by Crippen LogP contribution is 2.21. The van der Waals surface area contributed by atoms with Gasteiger partial charge in [0.1, 0.15) is 0 Å². The first-order chi connectivity index (χ1) is 18.1. The van der Waals surface area contributed by atoms with Crippen molar-refractivity contribution < 1.29 is 4.74 Å². The minimum absolute atomic E-state index is 0.249. The number of aromatic nitrogens is 4. The third-order valence-corrected chi connectivity index (χ3v) is 7.19. The van der Waals surface area contributed by atoms with Gasteiger partial charge in [-0.05, 0) is 89.2 Å². The van der Waals surface area contributed by atoms with Gasteiger partial charge in [-0.3, -0.25) is 0 Å². The zero-order chi connectivity index (χ0) is 25.7. The molecule has 37 heavy (non-hydrogen) atoms. The lowest BCUT2D eigenvalue weighted by atomic mass is 9.99. The second-order valence-corrected chi connectivity index (χ2v) is 10.4. The number of hydrogen-bond donors (Lipinski definition) is 2. The van der Waals surface area contributed by atoms with Crippen molar-refractivity contribution in [1.29, 1.82) is 0 Å². The zero-order valence-corrected chi connectivity index (χ0v) is 22.5. The van der Waals surface area contributed by atoms with Gasteiger partial charge in [-0.15, -0.1) is 0 Å². The fourth-order valence-electron chi connectivity index (χ4n) is 4.88. The first-order valence-corrected chi connectivity index (χ1v) is 13.8. The number of hydrogen-bond acceptors (Lipinski definition) is 3. The van der Waals surface area contributed by atoms with E-state index in [0.29, 0.717) is 0 Å². The van der Waals surface area contributed by atoms with Crippen LogP contribution in [-0.4, -0.2) is 32.1 Å². The zero-order valence-electron chi connectivity index (χ0n) is 22.5. The van der Waals surface area contributed by atoms with Crippen LogP contribution in [0.15, 0.2) is 73.6 Å². The van der Waals surface area contributed by atoms with Crippen LogP contribution in [0, 0.1) is 13.8 Å². The summed E-state index contributed by atoms with van der Waals surface area (Å²) in [5, 5.41) is 0. The van der Waals surface area contributed by atoms with Gasteiger partial charge in [0.05, 0.1) is 24.9 Å². The predicted molar refractivity (Wildman–Crippen MR) is 151 cm³/mol. The van der Waals surface area contributed by atoms with Gasteiger partial charge in [0.25, 0.3) is 0 Å². The van der Waals surface area contributed by atoms with Crippen molar-refractivity contribution in [3.05, 3.63) is 107 Å². The Balaban J connectivity index is 1.38. The molecule has 0 aliphatic rings. The Kier molecular flexibility index (Phi) is 10.6. The summed E-state index contributed by atoms with van der Waals surface area (Å²) in [4.78, 5) is 14.8. The number of ether oxygens (including phenoxy) is 1. The van der Waals surface area contributed by atoms with Crippen LogP contribution in [0.4, 0.5) is 0 Å².